The van der Waals surface area contributed by atoms with E-state index in [1.807, 2.05) is 19.1 Å². The predicted molar refractivity (Wildman–Crippen MR) is 102 cm³/mol. The number of aryl methyl sites for hydroxylation is 1. The van der Waals surface area contributed by atoms with E-state index in [1.165, 1.54) is 7.11 Å². The minimum absolute atomic E-state index is 0.327. The van der Waals surface area contributed by atoms with Gasteiger partial charge in [0.1, 0.15) is 5.75 Å². The van der Waals surface area contributed by atoms with Gasteiger partial charge in [-0.1, -0.05) is 40.9 Å². The number of carbonyl (C=O) groups is 1. The van der Waals surface area contributed by atoms with Crippen LogP contribution in [0, 0.1) is 6.92 Å². The molecule has 1 atom stereocenters. The smallest absolute Gasteiger partial charge is 0.313 e. The highest BCUT2D eigenvalue weighted by Crippen LogP contribution is 2.31. The van der Waals surface area contributed by atoms with Crippen molar-refractivity contribution in [3.8, 4) is 5.75 Å². The van der Waals surface area contributed by atoms with E-state index < -0.39 is 5.92 Å². The Kier molecular flexibility index (Phi) is 7.42. The lowest BCUT2D eigenvalue weighted by molar-refractivity contribution is -0.142. The van der Waals surface area contributed by atoms with E-state index in [0.717, 1.165) is 11.3 Å². The number of halogens is 3. The van der Waals surface area contributed by atoms with Gasteiger partial charge in [-0.05, 0) is 61.2 Å². The standard InChI is InChI=1S/C19H19Cl3O3/c1-12-10-13(20)6-8-18(12)25-9-3-4-16(19(23)24-2)15-7-5-14(21)11-17(15)22/h5-8,10-11,16H,3-4,9H2,1-2H3. The third-order valence-corrected chi connectivity index (χ3v) is 4.65. The van der Waals surface area contributed by atoms with Gasteiger partial charge in [-0.15, -0.1) is 0 Å². The molecule has 0 heterocycles. The van der Waals surface area contributed by atoms with E-state index in [1.54, 1.807) is 24.3 Å². The summed E-state index contributed by atoms with van der Waals surface area (Å²) in [4.78, 5) is 12.1. The van der Waals surface area contributed by atoms with Crippen LogP contribution < -0.4 is 4.74 Å². The number of carbonyl (C=O) groups excluding carboxylic acids is 1. The number of methoxy groups -OCH3 is 1. The number of hydrogen-bond donors (Lipinski definition) is 0. The number of ether oxygens (including phenoxy) is 2. The molecule has 0 aliphatic rings. The van der Waals surface area contributed by atoms with Gasteiger partial charge in [0.15, 0.2) is 0 Å². The molecule has 3 nitrogen and oxygen atoms in total. The Balaban J connectivity index is 2.00. The zero-order chi connectivity index (χ0) is 18.4. The van der Waals surface area contributed by atoms with Crippen LogP contribution in [-0.4, -0.2) is 19.7 Å². The highest BCUT2D eigenvalue weighted by atomic mass is 35.5. The summed E-state index contributed by atoms with van der Waals surface area (Å²) in [7, 11) is 1.37. The first-order valence-corrected chi connectivity index (χ1v) is 8.97. The molecule has 0 aliphatic carbocycles. The molecule has 0 aliphatic heterocycles. The molecule has 2 rings (SSSR count). The molecule has 0 saturated carbocycles. The van der Waals surface area contributed by atoms with Crippen molar-refractivity contribution in [2.45, 2.75) is 25.7 Å². The zero-order valence-corrected chi connectivity index (χ0v) is 16.3. The predicted octanol–water partition coefficient (Wildman–Crippen LogP) is 6.07. The van der Waals surface area contributed by atoms with Crippen LogP contribution >= 0.6 is 34.8 Å². The van der Waals surface area contributed by atoms with Gasteiger partial charge in [-0.3, -0.25) is 4.79 Å². The Morgan fingerprint density at radius 2 is 1.76 bits per heavy atom. The summed E-state index contributed by atoms with van der Waals surface area (Å²) in [6.07, 6.45) is 1.22. The summed E-state index contributed by atoms with van der Waals surface area (Å²) < 4.78 is 10.7. The second-order valence-corrected chi connectivity index (χ2v) is 6.92. The third-order valence-electron chi connectivity index (χ3n) is 3.86. The van der Waals surface area contributed by atoms with E-state index in [0.29, 0.717) is 40.1 Å². The van der Waals surface area contributed by atoms with Crippen LogP contribution in [0.1, 0.15) is 29.9 Å². The molecule has 0 spiro atoms. The van der Waals surface area contributed by atoms with Gasteiger partial charge < -0.3 is 9.47 Å². The molecular weight excluding hydrogens is 383 g/mol. The Bertz CT molecular complexity index is 747. The molecule has 0 amide bonds. The molecule has 0 saturated heterocycles. The largest absolute Gasteiger partial charge is 0.493 e. The summed E-state index contributed by atoms with van der Waals surface area (Å²) in [5.41, 5.74) is 1.68. The van der Waals surface area contributed by atoms with Crippen molar-refractivity contribution in [3.05, 3.63) is 62.6 Å². The lowest BCUT2D eigenvalue weighted by Gasteiger charge is -2.17. The maximum Gasteiger partial charge on any atom is 0.313 e. The Labute approximate surface area is 162 Å². The second-order valence-electron chi connectivity index (χ2n) is 5.64. The third kappa shape index (κ3) is 5.53. The molecule has 134 valence electrons. The average Bonchev–Trinajstić information content (AvgIpc) is 2.57. The first-order valence-electron chi connectivity index (χ1n) is 7.84. The van der Waals surface area contributed by atoms with Crippen molar-refractivity contribution in [2.75, 3.05) is 13.7 Å². The van der Waals surface area contributed by atoms with Crippen LogP contribution in [0.15, 0.2) is 36.4 Å². The summed E-state index contributed by atoms with van der Waals surface area (Å²) >= 11 is 18.1. The van der Waals surface area contributed by atoms with Crippen LogP contribution in [-0.2, 0) is 9.53 Å². The van der Waals surface area contributed by atoms with Gasteiger partial charge in [-0.25, -0.2) is 0 Å². The molecule has 0 radical (unpaired) electrons. The molecule has 6 heteroatoms. The van der Waals surface area contributed by atoms with Crippen molar-refractivity contribution in [1.82, 2.24) is 0 Å². The first-order chi connectivity index (χ1) is 11.9. The van der Waals surface area contributed by atoms with E-state index in [4.69, 9.17) is 44.3 Å². The van der Waals surface area contributed by atoms with Crippen molar-refractivity contribution < 1.29 is 14.3 Å². The van der Waals surface area contributed by atoms with Crippen LogP contribution in [0.3, 0.4) is 0 Å². The zero-order valence-electron chi connectivity index (χ0n) is 14.0. The minimum Gasteiger partial charge on any atom is -0.493 e. The van der Waals surface area contributed by atoms with Crippen molar-refractivity contribution in [1.29, 1.82) is 0 Å². The fourth-order valence-electron chi connectivity index (χ4n) is 2.57. The summed E-state index contributed by atoms with van der Waals surface area (Å²) in [6.45, 7) is 2.41. The molecule has 0 bridgehead atoms. The SMILES string of the molecule is COC(=O)C(CCCOc1ccc(Cl)cc1C)c1ccc(Cl)cc1Cl. The molecule has 2 aromatic rings. The maximum absolute atomic E-state index is 12.1. The van der Waals surface area contributed by atoms with Crippen LogP contribution in [0.4, 0.5) is 0 Å². The van der Waals surface area contributed by atoms with E-state index in [9.17, 15) is 4.79 Å². The number of esters is 1. The summed E-state index contributed by atoms with van der Waals surface area (Å²) in [5.74, 6) is 0.000112. The van der Waals surface area contributed by atoms with E-state index in [-0.39, 0.29) is 5.97 Å². The minimum atomic E-state index is -0.454. The summed E-state index contributed by atoms with van der Waals surface area (Å²) in [6, 6.07) is 10.6. The monoisotopic (exact) mass is 400 g/mol. The molecule has 25 heavy (non-hydrogen) atoms. The Hall–Kier alpha value is -1.42. The fourth-order valence-corrected chi connectivity index (χ4v) is 3.34. The topological polar surface area (TPSA) is 35.5 Å². The quantitative estimate of drug-likeness (QED) is 0.417. The molecule has 0 fully saturated rings. The van der Waals surface area contributed by atoms with Gasteiger partial charge >= 0.3 is 5.97 Å². The lowest BCUT2D eigenvalue weighted by atomic mass is 9.94. The van der Waals surface area contributed by atoms with Gasteiger partial charge in [0.25, 0.3) is 0 Å². The summed E-state index contributed by atoms with van der Waals surface area (Å²) in [5, 5.41) is 1.66. The highest BCUT2D eigenvalue weighted by molar-refractivity contribution is 6.35. The van der Waals surface area contributed by atoms with Gasteiger partial charge in [-0.2, -0.15) is 0 Å². The molecular formula is C19H19Cl3O3. The van der Waals surface area contributed by atoms with Crippen molar-refractivity contribution >= 4 is 40.8 Å². The fraction of sp³-hybridized carbons (Fsp3) is 0.316. The first kappa shape index (κ1) is 19.9. The van der Waals surface area contributed by atoms with Gasteiger partial charge in [0, 0.05) is 15.1 Å². The van der Waals surface area contributed by atoms with Gasteiger partial charge in [0.2, 0.25) is 0 Å². The average molecular weight is 402 g/mol. The Morgan fingerprint density at radius 1 is 1.08 bits per heavy atom. The second kappa shape index (κ2) is 9.33. The van der Waals surface area contributed by atoms with Crippen LogP contribution in [0.5, 0.6) is 5.75 Å². The van der Waals surface area contributed by atoms with E-state index in [2.05, 4.69) is 0 Å². The van der Waals surface area contributed by atoms with E-state index >= 15 is 0 Å². The molecule has 1 unspecified atom stereocenters. The van der Waals surface area contributed by atoms with Crippen molar-refractivity contribution in [2.24, 2.45) is 0 Å². The van der Waals surface area contributed by atoms with Gasteiger partial charge in [0.05, 0.1) is 19.6 Å². The Morgan fingerprint density at radius 3 is 2.40 bits per heavy atom. The maximum atomic E-state index is 12.1. The molecule has 0 aromatic heterocycles. The normalized spacial score (nSPS) is 11.9. The lowest BCUT2D eigenvalue weighted by Crippen LogP contribution is -2.16. The number of rotatable bonds is 7. The van der Waals surface area contributed by atoms with Crippen LogP contribution in [0.25, 0.3) is 0 Å². The molecule has 2 aromatic carbocycles. The number of benzene rings is 2. The number of hydrogen-bond acceptors (Lipinski definition) is 3. The molecule has 0 N–H and O–H groups in total. The highest BCUT2D eigenvalue weighted by Gasteiger charge is 2.23. The van der Waals surface area contributed by atoms with Crippen LogP contribution in [0.2, 0.25) is 15.1 Å². The van der Waals surface area contributed by atoms with Crippen molar-refractivity contribution in [3.63, 3.8) is 0 Å².